The first-order chi connectivity index (χ1) is 14.6. The van der Waals surface area contributed by atoms with Gasteiger partial charge in [-0.2, -0.15) is 0 Å². The number of rotatable bonds is 7. The third-order valence-corrected chi connectivity index (χ3v) is 5.51. The lowest BCUT2D eigenvalue weighted by molar-refractivity contribution is 0.0752. The standard InChI is InChI=1S/C25H23ClN2O2/c1-3-13-27(16-19-8-10-21(26)11-9-19)25(29)23-15-24-22(12-14-30-24)28(23)17-20-7-5-4-6-18(20)2/h3-12,14-15H,1,13,16-17H2,2H3. The second-order valence-corrected chi connectivity index (χ2v) is 7.75. The molecule has 2 aromatic carbocycles. The van der Waals surface area contributed by atoms with E-state index in [9.17, 15) is 4.79 Å². The quantitative estimate of drug-likeness (QED) is 0.341. The van der Waals surface area contributed by atoms with E-state index in [1.807, 2.05) is 53.1 Å². The molecule has 4 aromatic rings. The number of furan rings is 1. The molecule has 0 aliphatic heterocycles. The molecule has 0 saturated heterocycles. The largest absolute Gasteiger partial charge is 0.463 e. The Bertz CT molecular complexity index is 1190. The molecule has 0 bridgehead atoms. The molecule has 0 atom stereocenters. The molecular weight excluding hydrogens is 396 g/mol. The fourth-order valence-corrected chi connectivity index (χ4v) is 3.76. The van der Waals surface area contributed by atoms with E-state index in [-0.39, 0.29) is 5.91 Å². The van der Waals surface area contributed by atoms with Crippen LogP contribution in [-0.2, 0) is 13.1 Å². The van der Waals surface area contributed by atoms with Crippen LogP contribution in [0.25, 0.3) is 11.1 Å². The van der Waals surface area contributed by atoms with Crippen molar-refractivity contribution in [3.63, 3.8) is 0 Å². The highest BCUT2D eigenvalue weighted by Gasteiger charge is 2.22. The molecule has 0 unspecified atom stereocenters. The Morgan fingerprint density at radius 2 is 1.93 bits per heavy atom. The molecule has 30 heavy (non-hydrogen) atoms. The van der Waals surface area contributed by atoms with Crippen molar-refractivity contribution in [3.8, 4) is 0 Å². The molecule has 0 fully saturated rings. The number of aromatic nitrogens is 1. The van der Waals surface area contributed by atoms with Crippen molar-refractivity contribution >= 4 is 28.6 Å². The van der Waals surface area contributed by atoms with Gasteiger partial charge in [0.2, 0.25) is 0 Å². The summed E-state index contributed by atoms with van der Waals surface area (Å²) < 4.78 is 7.63. The summed E-state index contributed by atoms with van der Waals surface area (Å²) >= 11 is 6.00. The van der Waals surface area contributed by atoms with Gasteiger partial charge in [-0.15, -0.1) is 6.58 Å². The van der Waals surface area contributed by atoms with Crippen molar-refractivity contribution in [1.29, 1.82) is 0 Å². The average molecular weight is 419 g/mol. The minimum Gasteiger partial charge on any atom is -0.463 e. The Balaban J connectivity index is 1.70. The van der Waals surface area contributed by atoms with Gasteiger partial charge in [-0.25, -0.2) is 0 Å². The molecule has 2 aromatic heterocycles. The fourth-order valence-electron chi connectivity index (χ4n) is 3.63. The van der Waals surface area contributed by atoms with Crippen LogP contribution in [0.3, 0.4) is 0 Å². The molecule has 1 amide bonds. The number of carbonyl (C=O) groups is 1. The van der Waals surface area contributed by atoms with Crippen LogP contribution >= 0.6 is 11.6 Å². The van der Waals surface area contributed by atoms with Gasteiger partial charge in [-0.1, -0.05) is 54.1 Å². The number of aryl methyl sites for hydroxylation is 1. The molecule has 0 radical (unpaired) electrons. The zero-order chi connectivity index (χ0) is 21.1. The highest BCUT2D eigenvalue weighted by molar-refractivity contribution is 6.30. The molecule has 0 spiro atoms. The Morgan fingerprint density at radius 3 is 2.67 bits per heavy atom. The van der Waals surface area contributed by atoms with Gasteiger partial charge in [0.1, 0.15) is 5.69 Å². The molecule has 4 nitrogen and oxygen atoms in total. The Morgan fingerprint density at radius 1 is 1.17 bits per heavy atom. The van der Waals surface area contributed by atoms with Crippen LogP contribution in [0.5, 0.6) is 0 Å². The molecule has 2 heterocycles. The smallest absolute Gasteiger partial charge is 0.271 e. The monoisotopic (exact) mass is 418 g/mol. The summed E-state index contributed by atoms with van der Waals surface area (Å²) in [6.45, 7) is 7.42. The van der Waals surface area contributed by atoms with E-state index in [2.05, 4.69) is 25.6 Å². The van der Waals surface area contributed by atoms with Crippen LogP contribution in [0, 0.1) is 6.92 Å². The summed E-state index contributed by atoms with van der Waals surface area (Å²) in [7, 11) is 0. The Hall–Kier alpha value is -3.24. The van der Waals surface area contributed by atoms with Gasteiger partial charge in [-0.05, 0) is 35.7 Å². The van der Waals surface area contributed by atoms with Crippen molar-refractivity contribution in [2.24, 2.45) is 0 Å². The number of amides is 1. The van der Waals surface area contributed by atoms with Crippen LogP contribution in [0.1, 0.15) is 27.2 Å². The predicted molar refractivity (Wildman–Crippen MR) is 121 cm³/mol. The van der Waals surface area contributed by atoms with E-state index in [0.717, 1.165) is 11.1 Å². The maximum atomic E-state index is 13.6. The van der Waals surface area contributed by atoms with E-state index >= 15 is 0 Å². The number of carbonyl (C=O) groups excluding carboxylic acids is 1. The first-order valence-corrected chi connectivity index (χ1v) is 10.2. The molecule has 152 valence electrons. The second-order valence-electron chi connectivity index (χ2n) is 7.31. The maximum Gasteiger partial charge on any atom is 0.271 e. The number of nitrogens with zero attached hydrogens (tertiary/aromatic N) is 2. The minimum atomic E-state index is -0.0650. The Kier molecular flexibility index (Phi) is 5.77. The molecule has 0 aliphatic carbocycles. The number of benzene rings is 2. The maximum absolute atomic E-state index is 13.6. The number of hydrogen-bond acceptors (Lipinski definition) is 2. The predicted octanol–water partition coefficient (Wildman–Crippen LogP) is 6.07. The minimum absolute atomic E-state index is 0.0650. The van der Waals surface area contributed by atoms with Crippen LogP contribution < -0.4 is 0 Å². The van der Waals surface area contributed by atoms with E-state index in [1.54, 1.807) is 17.2 Å². The van der Waals surface area contributed by atoms with Crippen LogP contribution in [0.15, 0.2) is 84.0 Å². The third-order valence-electron chi connectivity index (χ3n) is 5.25. The van der Waals surface area contributed by atoms with Crippen molar-refractivity contribution < 1.29 is 9.21 Å². The molecule has 0 N–H and O–H groups in total. The first-order valence-electron chi connectivity index (χ1n) is 9.82. The number of hydrogen-bond donors (Lipinski definition) is 0. The van der Waals surface area contributed by atoms with Crippen LogP contribution in [0.2, 0.25) is 5.02 Å². The van der Waals surface area contributed by atoms with Gasteiger partial charge in [-0.3, -0.25) is 4.79 Å². The van der Waals surface area contributed by atoms with Gasteiger partial charge in [0.05, 0.1) is 11.8 Å². The van der Waals surface area contributed by atoms with Gasteiger partial charge in [0.25, 0.3) is 5.91 Å². The molecular formula is C25H23ClN2O2. The van der Waals surface area contributed by atoms with Crippen molar-refractivity contribution in [1.82, 2.24) is 9.47 Å². The van der Waals surface area contributed by atoms with E-state index < -0.39 is 0 Å². The highest BCUT2D eigenvalue weighted by Crippen LogP contribution is 2.25. The van der Waals surface area contributed by atoms with E-state index in [0.29, 0.717) is 35.9 Å². The Labute approximate surface area is 181 Å². The van der Waals surface area contributed by atoms with Crippen molar-refractivity contribution in [3.05, 3.63) is 107 Å². The zero-order valence-electron chi connectivity index (χ0n) is 16.8. The van der Waals surface area contributed by atoms with Gasteiger partial charge in [0.15, 0.2) is 5.58 Å². The van der Waals surface area contributed by atoms with Crippen molar-refractivity contribution in [2.75, 3.05) is 6.54 Å². The summed E-state index contributed by atoms with van der Waals surface area (Å²) in [6, 6.07) is 19.5. The SMILES string of the molecule is C=CCN(Cc1ccc(Cl)cc1)C(=O)c1cc2occc2n1Cc1ccccc1C. The molecule has 5 heteroatoms. The van der Waals surface area contributed by atoms with Crippen LogP contribution in [-0.4, -0.2) is 21.9 Å². The van der Waals surface area contributed by atoms with Gasteiger partial charge < -0.3 is 13.9 Å². The summed E-state index contributed by atoms with van der Waals surface area (Å²) in [4.78, 5) is 15.3. The average Bonchev–Trinajstić information content (AvgIpc) is 3.33. The van der Waals surface area contributed by atoms with Crippen molar-refractivity contribution in [2.45, 2.75) is 20.0 Å². The fraction of sp³-hybridized carbons (Fsp3) is 0.160. The molecule has 0 saturated carbocycles. The first kappa shape index (κ1) is 20.0. The van der Waals surface area contributed by atoms with Gasteiger partial charge in [0, 0.05) is 36.8 Å². The normalized spacial score (nSPS) is 11.0. The zero-order valence-corrected chi connectivity index (χ0v) is 17.6. The lowest BCUT2D eigenvalue weighted by atomic mass is 10.1. The summed E-state index contributed by atoms with van der Waals surface area (Å²) in [6.07, 6.45) is 3.40. The summed E-state index contributed by atoms with van der Waals surface area (Å²) in [5.74, 6) is -0.0650. The van der Waals surface area contributed by atoms with E-state index in [1.165, 1.54) is 11.1 Å². The lowest BCUT2D eigenvalue weighted by Gasteiger charge is -2.22. The number of fused-ring (bicyclic) bond motifs is 1. The summed E-state index contributed by atoms with van der Waals surface area (Å²) in [5.41, 5.74) is 5.57. The van der Waals surface area contributed by atoms with Gasteiger partial charge >= 0.3 is 0 Å². The topological polar surface area (TPSA) is 38.4 Å². The lowest BCUT2D eigenvalue weighted by Crippen LogP contribution is -2.32. The third kappa shape index (κ3) is 4.05. The van der Waals surface area contributed by atoms with E-state index in [4.69, 9.17) is 16.0 Å². The molecule has 4 rings (SSSR count). The molecule has 0 aliphatic rings. The highest BCUT2D eigenvalue weighted by atomic mass is 35.5. The number of halogens is 1. The van der Waals surface area contributed by atoms with Crippen LogP contribution in [0.4, 0.5) is 0 Å². The summed E-state index contributed by atoms with van der Waals surface area (Å²) in [5, 5.41) is 0.674. The second kappa shape index (κ2) is 8.64.